The van der Waals surface area contributed by atoms with Gasteiger partial charge in [0.2, 0.25) is 11.8 Å². The van der Waals surface area contributed by atoms with Crippen molar-refractivity contribution >= 4 is 17.7 Å². The fourth-order valence-electron chi connectivity index (χ4n) is 5.66. The molecule has 15 nitrogen and oxygen atoms in total. The highest BCUT2D eigenvalue weighted by Crippen LogP contribution is 2.29. The number of benzene rings is 1. The molecular formula is C34H50N8O7. The van der Waals surface area contributed by atoms with E-state index in [0.717, 1.165) is 42.9 Å². The first kappa shape index (κ1) is 37.3. The van der Waals surface area contributed by atoms with Crippen molar-refractivity contribution < 1.29 is 33.5 Å². The Morgan fingerprint density at radius 2 is 1.82 bits per heavy atom. The van der Waals surface area contributed by atoms with E-state index in [2.05, 4.69) is 36.3 Å². The quantitative estimate of drug-likeness (QED) is 0.299. The van der Waals surface area contributed by atoms with Crippen LogP contribution < -0.4 is 25.4 Å². The van der Waals surface area contributed by atoms with E-state index >= 15 is 0 Å². The summed E-state index contributed by atoms with van der Waals surface area (Å²) in [6, 6.07) is 2.58. The third kappa shape index (κ3) is 10.7. The number of nitrogens with zero attached hydrogens (tertiary/aromatic N) is 5. The predicted octanol–water partition coefficient (Wildman–Crippen LogP) is 2.28. The van der Waals surface area contributed by atoms with Gasteiger partial charge in [-0.2, -0.15) is 0 Å². The molecule has 0 fully saturated rings. The monoisotopic (exact) mass is 682 g/mol. The molecule has 0 aliphatic carbocycles. The van der Waals surface area contributed by atoms with Crippen molar-refractivity contribution in [1.82, 2.24) is 41.0 Å². The van der Waals surface area contributed by atoms with Crippen LogP contribution >= 0.6 is 0 Å². The molecule has 3 aromatic rings. The molecule has 0 radical (unpaired) electrons. The van der Waals surface area contributed by atoms with Crippen molar-refractivity contribution in [3.63, 3.8) is 0 Å². The van der Waals surface area contributed by atoms with Gasteiger partial charge in [-0.3, -0.25) is 24.0 Å². The van der Waals surface area contributed by atoms with Gasteiger partial charge in [0.1, 0.15) is 30.1 Å². The molecule has 3 amide bonds. The molecule has 1 aromatic carbocycles. The highest BCUT2D eigenvalue weighted by atomic mass is 16.5. The maximum absolute atomic E-state index is 13.5. The van der Waals surface area contributed by atoms with Crippen LogP contribution in [0.3, 0.4) is 0 Å². The standard InChI is InChI=1S/C34H50N8O7/c1-21(2)16-28-33(45)37-31(23(4)43)34(46)35-12-7-8-13-41(19-27-22(3)39-49-24(27)5)14-9-15-42-18-26(38-40-42)20-48-30-17-25(32(44)36-28)10-11-29(30)47-6/h10-11,17-18,21,23,28,31,43H,7-9,12-16,19-20H2,1-6H3,(H,35,46)(H,36,44)(H,37,45)/t23-,28-,31+/m1/s1. The Labute approximate surface area is 287 Å². The smallest absolute Gasteiger partial charge is 0.252 e. The van der Waals surface area contributed by atoms with Crippen molar-refractivity contribution in [2.75, 3.05) is 26.7 Å². The molecule has 3 atom stereocenters. The van der Waals surface area contributed by atoms with E-state index in [-0.39, 0.29) is 18.1 Å². The number of aromatic nitrogens is 4. The molecule has 15 heteroatoms. The number of fused-ring (bicyclic) bond motifs is 4. The first-order valence-electron chi connectivity index (χ1n) is 16.9. The lowest BCUT2D eigenvalue weighted by Gasteiger charge is -2.26. The van der Waals surface area contributed by atoms with Crippen LogP contribution in [0.25, 0.3) is 0 Å². The SMILES string of the molecule is COc1ccc2cc1OCc1cn(nn1)CCCN(Cc1c(C)noc1C)CCCCNC(=O)[C@H]([C@@H](C)O)NC(=O)[C@@H](CC(C)C)NC2=O. The summed E-state index contributed by atoms with van der Waals surface area (Å²) >= 11 is 0. The minimum absolute atomic E-state index is 0.0436. The zero-order chi connectivity index (χ0) is 35.5. The van der Waals surface area contributed by atoms with Gasteiger partial charge in [-0.25, -0.2) is 0 Å². The molecule has 2 aromatic heterocycles. The summed E-state index contributed by atoms with van der Waals surface area (Å²) in [5.41, 5.74) is 2.78. The van der Waals surface area contributed by atoms with Gasteiger partial charge < -0.3 is 35.1 Å². The Balaban J connectivity index is 1.57. The number of nitrogens with one attached hydrogen (secondary N) is 3. The lowest BCUT2D eigenvalue weighted by Crippen LogP contribution is -2.57. The number of hydrogen-bond donors (Lipinski definition) is 4. The number of aliphatic hydroxyl groups is 1. The minimum Gasteiger partial charge on any atom is -0.493 e. The van der Waals surface area contributed by atoms with Gasteiger partial charge >= 0.3 is 0 Å². The van der Waals surface area contributed by atoms with Crippen LogP contribution in [0.4, 0.5) is 0 Å². The number of carbonyl (C=O) groups excluding carboxylic acids is 3. The summed E-state index contributed by atoms with van der Waals surface area (Å²) in [7, 11) is 1.50. The van der Waals surface area contributed by atoms with E-state index in [4.69, 9.17) is 14.0 Å². The van der Waals surface area contributed by atoms with Gasteiger partial charge in [0.05, 0.1) is 25.1 Å². The van der Waals surface area contributed by atoms with Gasteiger partial charge in [0, 0.05) is 37.3 Å². The summed E-state index contributed by atoms with van der Waals surface area (Å²) < 4.78 is 18.6. The largest absolute Gasteiger partial charge is 0.493 e. The van der Waals surface area contributed by atoms with Crippen molar-refractivity contribution in [2.45, 2.75) is 98.2 Å². The highest BCUT2D eigenvalue weighted by Gasteiger charge is 2.30. The van der Waals surface area contributed by atoms with Crippen molar-refractivity contribution in [2.24, 2.45) is 5.92 Å². The van der Waals surface area contributed by atoms with Gasteiger partial charge in [-0.05, 0) is 77.1 Å². The van der Waals surface area contributed by atoms with Gasteiger partial charge in [-0.1, -0.05) is 24.2 Å². The molecule has 0 saturated heterocycles. The number of aliphatic hydroxyl groups excluding tert-OH is 1. The number of ether oxygens (including phenoxy) is 2. The predicted molar refractivity (Wildman–Crippen MR) is 180 cm³/mol. The summed E-state index contributed by atoms with van der Waals surface area (Å²) in [6.45, 7) is 12.5. The summed E-state index contributed by atoms with van der Waals surface area (Å²) in [4.78, 5) is 42.3. The van der Waals surface area contributed by atoms with E-state index in [0.29, 0.717) is 49.7 Å². The number of methoxy groups -OCH3 is 1. The Morgan fingerprint density at radius 3 is 2.51 bits per heavy atom. The molecule has 1 aliphatic rings. The van der Waals surface area contributed by atoms with E-state index in [1.54, 1.807) is 22.9 Å². The number of amides is 3. The Hall–Kier alpha value is -4.50. The third-order valence-corrected chi connectivity index (χ3v) is 8.40. The molecule has 0 unspecified atom stereocenters. The van der Waals surface area contributed by atoms with Crippen LogP contribution in [-0.2, 0) is 29.3 Å². The van der Waals surface area contributed by atoms with Crippen LogP contribution in [0.2, 0.25) is 0 Å². The Kier molecular flexibility index (Phi) is 13.5. The molecular weight excluding hydrogens is 632 g/mol. The second-order valence-corrected chi connectivity index (χ2v) is 12.9. The number of aryl methyl sites for hydroxylation is 3. The lowest BCUT2D eigenvalue weighted by atomic mass is 10.0. The van der Waals surface area contributed by atoms with Gasteiger partial charge in [0.15, 0.2) is 11.5 Å². The number of hydrogen-bond acceptors (Lipinski definition) is 11. The van der Waals surface area contributed by atoms with Crippen molar-refractivity contribution in [3.05, 3.63) is 52.7 Å². The first-order valence-corrected chi connectivity index (χ1v) is 16.9. The lowest BCUT2D eigenvalue weighted by molar-refractivity contribution is -0.132. The normalized spacial score (nSPS) is 20.0. The second kappa shape index (κ2) is 17.8. The Morgan fingerprint density at radius 1 is 1.04 bits per heavy atom. The van der Waals surface area contributed by atoms with Crippen LogP contribution in [0.15, 0.2) is 28.9 Å². The molecule has 0 saturated carbocycles. The van der Waals surface area contributed by atoms with Gasteiger partial charge in [-0.15, -0.1) is 5.10 Å². The number of rotatable bonds is 6. The van der Waals surface area contributed by atoms with Crippen LogP contribution in [-0.4, -0.2) is 92.8 Å². The zero-order valence-electron chi connectivity index (χ0n) is 29.3. The van der Waals surface area contributed by atoms with E-state index in [1.165, 1.54) is 14.0 Å². The van der Waals surface area contributed by atoms with Crippen LogP contribution in [0.5, 0.6) is 11.5 Å². The molecule has 1 aliphatic heterocycles. The van der Waals surface area contributed by atoms with Crippen molar-refractivity contribution in [3.8, 4) is 11.5 Å². The second-order valence-electron chi connectivity index (χ2n) is 12.9. The summed E-state index contributed by atoms with van der Waals surface area (Å²) in [6.07, 6.45) is 3.27. The van der Waals surface area contributed by atoms with Crippen LogP contribution in [0.1, 0.15) is 79.5 Å². The molecule has 49 heavy (non-hydrogen) atoms. The molecule has 4 rings (SSSR count). The first-order chi connectivity index (χ1) is 23.4. The molecule has 4 bridgehead atoms. The highest BCUT2D eigenvalue weighted by molar-refractivity contribution is 5.99. The Bertz CT molecular complexity index is 1530. The molecule has 3 heterocycles. The van der Waals surface area contributed by atoms with E-state index < -0.39 is 35.9 Å². The van der Waals surface area contributed by atoms with Gasteiger partial charge in [0.25, 0.3) is 5.91 Å². The third-order valence-electron chi connectivity index (χ3n) is 8.40. The van der Waals surface area contributed by atoms with E-state index in [1.807, 2.05) is 33.9 Å². The maximum Gasteiger partial charge on any atom is 0.252 e. The number of carbonyl (C=O) groups is 3. The summed E-state index contributed by atoms with van der Waals surface area (Å²) in [5, 5.41) is 31.4. The minimum atomic E-state index is -1.20. The van der Waals surface area contributed by atoms with Crippen molar-refractivity contribution in [1.29, 1.82) is 0 Å². The molecule has 4 N–H and O–H groups in total. The van der Waals surface area contributed by atoms with E-state index in [9.17, 15) is 19.5 Å². The zero-order valence-corrected chi connectivity index (χ0v) is 29.3. The fraction of sp³-hybridized carbons (Fsp3) is 0.588. The fourth-order valence-corrected chi connectivity index (χ4v) is 5.66. The average Bonchev–Trinajstić information content (AvgIpc) is 3.65. The molecule has 0 spiro atoms. The maximum atomic E-state index is 13.5. The average molecular weight is 683 g/mol. The topological polar surface area (TPSA) is 186 Å². The summed E-state index contributed by atoms with van der Waals surface area (Å²) in [5.74, 6) is 0.0109. The molecule has 268 valence electrons. The van der Waals surface area contributed by atoms with Crippen LogP contribution in [0, 0.1) is 19.8 Å².